The highest BCUT2D eigenvalue weighted by molar-refractivity contribution is 7.13. The van der Waals surface area contributed by atoms with Crippen LogP contribution in [0, 0.1) is 24.0 Å². The fourth-order valence-electron chi connectivity index (χ4n) is 9.94. The van der Waals surface area contributed by atoms with Gasteiger partial charge in [-0.3, -0.25) is 19.3 Å². The predicted molar refractivity (Wildman–Crippen MR) is 269 cm³/mol. The number of amides is 3. The van der Waals surface area contributed by atoms with Crippen LogP contribution in [0.4, 0.5) is 13.2 Å². The van der Waals surface area contributed by atoms with Gasteiger partial charge in [-0.1, -0.05) is 69.3 Å². The fourth-order valence-corrected chi connectivity index (χ4v) is 10.7. The molecule has 1 aromatic heterocycles. The molecular weight excluding hydrogens is 932 g/mol. The molecule has 0 unspecified atom stereocenters. The molecule has 71 heavy (non-hydrogen) atoms. The molecule has 5 atom stereocenters. The minimum absolute atomic E-state index is 0.0215. The molecule has 384 valence electrons. The lowest BCUT2D eigenvalue weighted by molar-refractivity contribution is -0.144. The lowest BCUT2D eigenvalue weighted by atomic mass is 9.84. The highest BCUT2D eigenvalue weighted by Gasteiger charge is 2.45. The van der Waals surface area contributed by atoms with Crippen molar-refractivity contribution in [2.45, 2.75) is 136 Å². The number of rotatable bonds is 22. The largest absolute Gasteiger partial charge is 0.493 e. The molecule has 16 heteroatoms. The first-order chi connectivity index (χ1) is 33.8. The number of likely N-dealkylation sites (tertiary alicyclic amines) is 1. The first kappa shape index (κ1) is 53.7. The average Bonchev–Trinajstić information content (AvgIpc) is 4.03. The van der Waals surface area contributed by atoms with E-state index in [1.165, 1.54) is 30.9 Å². The van der Waals surface area contributed by atoms with E-state index in [9.17, 15) is 19.5 Å². The number of fused-ring (bicyclic) bond motifs is 2. The first-order valence-electron chi connectivity index (χ1n) is 24.9. The second-order valence-electron chi connectivity index (χ2n) is 20.9. The molecule has 1 saturated heterocycles. The van der Waals surface area contributed by atoms with Gasteiger partial charge in [0.1, 0.15) is 41.7 Å². The summed E-state index contributed by atoms with van der Waals surface area (Å²) in [4.78, 5) is 49.1. The number of carbonyl (C=O) groups is 3. The molecule has 0 radical (unpaired) electrons. The zero-order valence-corrected chi connectivity index (χ0v) is 42.9. The Morgan fingerprint density at radius 1 is 0.930 bits per heavy atom. The minimum Gasteiger partial charge on any atom is -0.493 e. The third-order valence-corrected chi connectivity index (χ3v) is 14.4. The quantitative estimate of drug-likeness (QED) is 0.0658. The number of halogens is 3. The molecule has 3 heterocycles. The Hall–Kier alpha value is -5.13. The van der Waals surface area contributed by atoms with Gasteiger partial charge in [0.15, 0.2) is 0 Å². The van der Waals surface area contributed by atoms with Crippen molar-refractivity contribution >= 4 is 34.6 Å². The number of nitrogens with one attached hydrogen (secondary N) is 2. The summed E-state index contributed by atoms with van der Waals surface area (Å²) in [5.41, 5.74) is 6.58. The van der Waals surface area contributed by atoms with Crippen molar-refractivity contribution in [1.82, 2.24) is 25.4 Å². The number of nitrogens with zero attached hydrogens (tertiary/aromatic N) is 3. The van der Waals surface area contributed by atoms with Crippen LogP contribution in [-0.2, 0) is 36.8 Å². The molecule has 4 aromatic rings. The molecule has 7 rings (SSSR count). The maximum absolute atomic E-state index is 16.0. The molecule has 1 aliphatic carbocycles. The van der Waals surface area contributed by atoms with E-state index in [4.69, 9.17) is 14.2 Å². The highest BCUT2D eigenvalue weighted by atomic mass is 32.1. The normalized spacial score (nSPS) is 19.7. The summed E-state index contributed by atoms with van der Waals surface area (Å²) < 4.78 is 64.4. The molecule has 3 aromatic carbocycles. The van der Waals surface area contributed by atoms with Gasteiger partial charge in [-0.05, 0) is 98.6 Å². The smallest absolute Gasteiger partial charge is 0.246 e. The first-order valence-corrected chi connectivity index (χ1v) is 25.7. The Bertz CT molecular complexity index is 2500. The van der Waals surface area contributed by atoms with E-state index >= 15 is 13.2 Å². The summed E-state index contributed by atoms with van der Waals surface area (Å²) in [6.45, 7) is 13.9. The van der Waals surface area contributed by atoms with Crippen molar-refractivity contribution in [3.05, 3.63) is 111 Å². The van der Waals surface area contributed by atoms with Crippen LogP contribution in [0.2, 0.25) is 0 Å². The Labute approximate surface area is 420 Å². The van der Waals surface area contributed by atoms with E-state index in [0.29, 0.717) is 45.5 Å². The number of benzene rings is 3. The molecule has 12 nitrogen and oxygen atoms in total. The van der Waals surface area contributed by atoms with E-state index in [1.807, 2.05) is 87.5 Å². The van der Waals surface area contributed by atoms with Crippen LogP contribution in [0.5, 0.6) is 5.75 Å². The maximum Gasteiger partial charge on any atom is 0.246 e. The molecule has 3 aliphatic rings. The molecular formula is C55H70F3N5O7S. The molecule has 0 bridgehead atoms. The second kappa shape index (κ2) is 23.6. The van der Waals surface area contributed by atoms with Crippen LogP contribution in [0.25, 0.3) is 16.0 Å². The van der Waals surface area contributed by atoms with Crippen LogP contribution < -0.4 is 15.4 Å². The number of ether oxygens (including phenoxy) is 3. The van der Waals surface area contributed by atoms with E-state index in [-0.39, 0.29) is 62.5 Å². The second-order valence-corrected chi connectivity index (χ2v) is 21.7. The highest BCUT2D eigenvalue weighted by Crippen LogP contribution is 2.50. The van der Waals surface area contributed by atoms with Gasteiger partial charge in [-0.15, -0.1) is 11.3 Å². The molecule has 0 saturated carbocycles. The SMILES string of the molecule is Cc1ncsc1-c1ccc(CNC(=O)[C@@H]2C[C@@H](O)CN2C(=O)[C@@H](NC(=O)COCCCCCOCCCOc2cc(F)c([C@@H]3C4=C(C[C@@H](C)N3CC(C)(C)F)c3ccccc3C4)c(F)c2)C(C)(C)C)cc1. The van der Waals surface area contributed by atoms with Crippen LogP contribution >= 0.6 is 11.3 Å². The van der Waals surface area contributed by atoms with Crippen LogP contribution in [0.1, 0.15) is 114 Å². The molecule has 3 amide bonds. The van der Waals surface area contributed by atoms with Gasteiger partial charge in [0.2, 0.25) is 17.7 Å². The van der Waals surface area contributed by atoms with Crippen LogP contribution in [0.15, 0.2) is 71.7 Å². The lowest BCUT2D eigenvalue weighted by Crippen LogP contribution is -2.58. The topological polar surface area (TPSA) is 143 Å². The molecule has 2 aliphatic heterocycles. The van der Waals surface area contributed by atoms with Gasteiger partial charge in [0.05, 0.1) is 34.8 Å². The van der Waals surface area contributed by atoms with E-state index in [0.717, 1.165) is 56.8 Å². The zero-order chi connectivity index (χ0) is 51.0. The molecule has 3 N–H and O–H groups in total. The summed E-state index contributed by atoms with van der Waals surface area (Å²) in [7, 11) is 0. The van der Waals surface area contributed by atoms with Gasteiger partial charge in [-0.2, -0.15) is 0 Å². The van der Waals surface area contributed by atoms with Crippen molar-refractivity contribution in [3.8, 4) is 16.2 Å². The van der Waals surface area contributed by atoms with E-state index < -0.39 is 58.8 Å². The number of aliphatic hydroxyl groups excluding tert-OH is 1. The summed E-state index contributed by atoms with van der Waals surface area (Å²) in [6.07, 6.45) is 3.18. The van der Waals surface area contributed by atoms with E-state index in [1.54, 1.807) is 11.3 Å². The zero-order valence-electron chi connectivity index (χ0n) is 42.1. The average molecular weight is 1000 g/mol. The number of aryl methyl sites for hydroxylation is 1. The Kier molecular flexibility index (Phi) is 17.8. The van der Waals surface area contributed by atoms with Crippen LogP contribution in [-0.4, -0.2) is 114 Å². The third-order valence-electron chi connectivity index (χ3n) is 13.4. The van der Waals surface area contributed by atoms with Crippen LogP contribution in [0.3, 0.4) is 0 Å². The summed E-state index contributed by atoms with van der Waals surface area (Å²) in [6, 6.07) is 15.6. The number of aliphatic hydroxyl groups is 1. The van der Waals surface area contributed by atoms with Crippen molar-refractivity contribution in [1.29, 1.82) is 0 Å². The number of thiazole rings is 1. The standard InChI is InChI=1S/C55H70F3N5O7S/c1-34-24-42-41-15-10-9-14-38(41)25-43(42)49(63(34)32-55(6,7)58)48-44(56)27-40(28-45(48)57)70-23-13-22-68-20-11-8-12-21-69-31-47(65)61-51(54(3,4)5)53(67)62-30-39(64)26-46(62)52(66)59-29-36-16-18-37(19-17-36)50-35(2)60-33-71-50/h9-10,14-19,27-28,33-34,39,46,49,51,64H,8,11-13,20-26,29-32H2,1-7H3,(H,59,66)(H,61,65)/t34-,39-,46+,49+,51-/m1/s1. The van der Waals surface area contributed by atoms with Crippen molar-refractivity contribution in [2.24, 2.45) is 5.41 Å². The molecule has 1 fully saturated rings. The number of hydrogen-bond donors (Lipinski definition) is 3. The summed E-state index contributed by atoms with van der Waals surface area (Å²) in [5, 5.41) is 16.3. The minimum atomic E-state index is -1.57. The van der Waals surface area contributed by atoms with Gasteiger partial charge in [0, 0.05) is 76.0 Å². The van der Waals surface area contributed by atoms with Gasteiger partial charge in [0.25, 0.3) is 0 Å². The fraction of sp³-hybridized carbons (Fsp3) is 0.527. The van der Waals surface area contributed by atoms with Crippen molar-refractivity contribution < 1.29 is 46.9 Å². The van der Waals surface area contributed by atoms with Gasteiger partial charge < -0.3 is 34.9 Å². The Morgan fingerprint density at radius 2 is 1.62 bits per heavy atom. The third kappa shape index (κ3) is 13.7. The van der Waals surface area contributed by atoms with Crippen molar-refractivity contribution in [3.63, 3.8) is 0 Å². The number of aromatic nitrogens is 1. The number of alkyl halides is 1. The maximum atomic E-state index is 16.0. The summed E-state index contributed by atoms with van der Waals surface area (Å²) >= 11 is 1.57. The van der Waals surface area contributed by atoms with E-state index in [2.05, 4.69) is 21.7 Å². The molecule has 0 spiro atoms. The predicted octanol–water partition coefficient (Wildman–Crippen LogP) is 9.07. The van der Waals surface area contributed by atoms with Gasteiger partial charge >= 0.3 is 0 Å². The summed E-state index contributed by atoms with van der Waals surface area (Å²) in [5.74, 6) is -2.64. The number of hydrogen-bond acceptors (Lipinski definition) is 10. The Balaban J connectivity index is 0.788. The number of carbonyl (C=O) groups excluding carboxylic acids is 3. The van der Waals surface area contributed by atoms with Gasteiger partial charge in [-0.25, -0.2) is 18.2 Å². The lowest BCUT2D eigenvalue weighted by Gasteiger charge is -2.44. The monoisotopic (exact) mass is 1000 g/mol. The Morgan fingerprint density at radius 3 is 2.30 bits per heavy atom. The van der Waals surface area contributed by atoms with Crippen molar-refractivity contribution in [2.75, 3.05) is 46.1 Å². The number of β-amino-alcohol motifs (C(OH)–C–C–N with tert-alkyl or cyclic N) is 1. The number of unbranched alkanes of at least 4 members (excludes halogenated alkanes) is 2.